The monoisotopic (exact) mass is 333 g/mol. The molecule has 0 aliphatic carbocycles. The molecule has 0 spiro atoms. The van der Waals surface area contributed by atoms with E-state index in [2.05, 4.69) is 10.6 Å². The maximum Gasteiger partial charge on any atom is 0.229 e. The second kappa shape index (κ2) is 8.44. The summed E-state index contributed by atoms with van der Waals surface area (Å²) >= 11 is 0. The Kier molecular flexibility index (Phi) is 6.31. The van der Waals surface area contributed by atoms with Crippen LogP contribution in [0.5, 0.6) is 0 Å². The summed E-state index contributed by atoms with van der Waals surface area (Å²) < 4.78 is 4.98. The SMILES string of the molecule is COCCCN1CC(C(=O)Nc2ccc(NC(C)=O)cc2)CC1=O. The molecule has 1 saturated heterocycles. The Morgan fingerprint density at radius 3 is 2.42 bits per heavy atom. The van der Waals surface area contributed by atoms with Gasteiger partial charge in [-0.1, -0.05) is 0 Å². The number of hydrogen-bond donors (Lipinski definition) is 2. The van der Waals surface area contributed by atoms with Crippen molar-refractivity contribution in [3.8, 4) is 0 Å². The average molecular weight is 333 g/mol. The Balaban J connectivity index is 1.86. The molecule has 1 atom stereocenters. The minimum Gasteiger partial charge on any atom is -0.385 e. The second-order valence-electron chi connectivity index (χ2n) is 5.83. The van der Waals surface area contributed by atoms with E-state index in [1.165, 1.54) is 6.92 Å². The number of nitrogens with one attached hydrogen (secondary N) is 2. The van der Waals surface area contributed by atoms with Crippen LogP contribution in [0, 0.1) is 5.92 Å². The van der Waals surface area contributed by atoms with Gasteiger partial charge in [-0.2, -0.15) is 0 Å². The van der Waals surface area contributed by atoms with Gasteiger partial charge in [-0.25, -0.2) is 0 Å². The van der Waals surface area contributed by atoms with Gasteiger partial charge in [-0.15, -0.1) is 0 Å². The maximum atomic E-state index is 12.3. The second-order valence-corrected chi connectivity index (χ2v) is 5.83. The first-order chi connectivity index (χ1) is 11.5. The van der Waals surface area contributed by atoms with Crippen LogP contribution in [0.1, 0.15) is 19.8 Å². The first kappa shape index (κ1) is 17.9. The zero-order valence-corrected chi connectivity index (χ0v) is 14.0. The van der Waals surface area contributed by atoms with Crippen LogP contribution in [0.15, 0.2) is 24.3 Å². The molecule has 1 unspecified atom stereocenters. The molecule has 1 aliphatic heterocycles. The Morgan fingerprint density at radius 1 is 1.21 bits per heavy atom. The molecule has 1 aromatic rings. The van der Waals surface area contributed by atoms with Crippen molar-refractivity contribution in [1.29, 1.82) is 0 Å². The summed E-state index contributed by atoms with van der Waals surface area (Å²) in [6.45, 7) is 3.09. The van der Waals surface area contributed by atoms with E-state index in [4.69, 9.17) is 4.74 Å². The predicted molar refractivity (Wildman–Crippen MR) is 90.6 cm³/mol. The van der Waals surface area contributed by atoms with E-state index in [9.17, 15) is 14.4 Å². The van der Waals surface area contributed by atoms with Crippen LogP contribution >= 0.6 is 0 Å². The molecule has 7 nitrogen and oxygen atoms in total. The zero-order valence-electron chi connectivity index (χ0n) is 14.0. The lowest BCUT2D eigenvalue weighted by Crippen LogP contribution is -2.29. The number of rotatable bonds is 7. The van der Waals surface area contributed by atoms with E-state index in [0.717, 1.165) is 6.42 Å². The van der Waals surface area contributed by atoms with Gasteiger partial charge in [0.05, 0.1) is 5.92 Å². The molecule has 2 N–H and O–H groups in total. The van der Waals surface area contributed by atoms with Gasteiger partial charge in [0.15, 0.2) is 0 Å². The first-order valence-electron chi connectivity index (χ1n) is 7.95. The molecule has 1 heterocycles. The quantitative estimate of drug-likeness (QED) is 0.740. The highest BCUT2D eigenvalue weighted by Gasteiger charge is 2.33. The highest BCUT2D eigenvalue weighted by atomic mass is 16.5. The molecule has 2 rings (SSSR count). The zero-order chi connectivity index (χ0) is 17.5. The fraction of sp³-hybridized carbons (Fsp3) is 0.471. The van der Waals surface area contributed by atoms with E-state index in [-0.39, 0.29) is 30.1 Å². The predicted octanol–water partition coefficient (Wildman–Crippen LogP) is 1.47. The third kappa shape index (κ3) is 5.06. The van der Waals surface area contributed by atoms with Gasteiger partial charge in [-0.3, -0.25) is 14.4 Å². The minimum absolute atomic E-state index is 0.00672. The van der Waals surface area contributed by atoms with Gasteiger partial charge >= 0.3 is 0 Å². The number of benzene rings is 1. The summed E-state index contributed by atoms with van der Waals surface area (Å²) in [4.78, 5) is 37.0. The Hall–Kier alpha value is -2.41. The number of carbonyl (C=O) groups excluding carboxylic acids is 3. The largest absolute Gasteiger partial charge is 0.385 e. The summed E-state index contributed by atoms with van der Waals surface area (Å²) in [5.74, 6) is -0.642. The maximum absolute atomic E-state index is 12.3. The molecule has 0 bridgehead atoms. The number of ether oxygens (including phenoxy) is 1. The number of methoxy groups -OCH3 is 1. The lowest BCUT2D eigenvalue weighted by atomic mass is 10.1. The number of carbonyl (C=O) groups is 3. The van der Waals surface area contributed by atoms with Crippen molar-refractivity contribution < 1.29 is 19.1 Å². The van der Waals surface area contributed by atoms with Crippen molar-refractivity contribution in [2.24, 2.45) is 5.92 Å². The summed E-state index contributed by atoms with van der Waals surface area (Å²) in [7, 11) is 1.62. The fourth-order valence-corrected chi connectivity index (χ4v) is 2.65. The number of hydrogen-bond acceptors (Lipinski definition) is 4. The van der Waals surface area contributed by atoms with E-state index in [1.807, 2.05) is 0 Å². The molecule has 3 amide bonds. The van der Waals surface area contributed by atoms with Crippen LogP contribution in [0.25, 0.3) is 0 Å². The molecule has 1 aliphatic rings. The Bertz CT molecular complexity index is 600. The molecule has 130 valence electrons. The number of amides is 3. The minimum atomic E-state index is -0.338. The third-order valence-electron chi connectivity index (χ3n) is 3.83. The Morgan fingerprint density at radius 2 is 1.83 bits per heavy atom. The number of anilines is 2. The van der Waals surface area contributed by atoms with E-state index in [0.29, 0.717) is 31.1 Å². The van der Waals surface area contributed by atoms with Crippen LogP contribution in [-0.4, -0.2) is 49.4 Å². The lowest BCUT2D eigenvalue weighted by molar-refractivity contribution is -0.128. The molecule has 1 fully saturated rings. The molecule has 1 aromatic carbocycles. The fourth-order valence-electron chi connectivity index (χ4n) is 2.65. The summed E-state index contributed by atoms with van der Waals surface area (Å²) in [5, 5.41) is 5.48. The number of nitrogens with zero attached hydrogens (tertiary/aromatic N) is 1. The average Bonchev–Trinajstić information content (AvgIpc) is 2.90. The highest BCUT2D eigenvalue weighted by Crippen LogP contribution is 2.21. The van der Waals surface area contributed by atoms with Crippen LogP contribution < -0.4 is 10.6 Å². The van der Waals surface area contributed by atoms with Crippen molar-refractivity contribution in [2.45, 2.75) is 19.8 Å². The van der Waals surface area contributed by atoms with Crippen LogP contribution in [0.2, 0.25) is 0 Å². The molecular formula is C17H23N3O4. The van der Waals surface area contributed by atoms with E-state index in [1.54, 1.807) is 36.3 Å². The van der Waals surface area contributed by atoms with Gasteiger partial charge in [0.25, 0.3) is 0 Å². The van der Waals surface area contributed by atoms with E-state index < -0.39 is 0 Å². The van der Waals surface area contributed by atoms with Crippen molar-refractivity contribution in [2.75, 3.05) is 37.4 Å². The third-order valence-corrected chi connectivity index (χ3v) is 3.83. The van der Waals surface area contributed by atoms with Gasteiger partial charge in [0.1, 0.15) is 0 Å². The van der Waals surface area contributed by atoms with Crippen LogP contribution in [0.4, 0.5) is 11.4 Å². The topological polar surface area (TPSA) is 87.7 Å². The molecular weight excluding hydrogens is 310 g/mol. The summed E-state index contributed by atoms with van der Waals surface area (Å²) in [6.07, 6.45) is 1.00. The standard InChI is InChI=1S/C17H23N3O4/c1-12(21)18-14-4-6-15(7-5-14)19-17(23)13-10-16(22)20(11-13)8-3-9-24-2/h4-7,13H,3,8-11H2,1-2H3,(H,18,21)(H,19,23). The number of likely N-dealkylation sites (tertiary alicyclic amines) is 1. The summed E-state index contributed by atoms with van der Waals surface area (Å²) in [5.41, 5.74) is 1.31. The van der Waals surface area contributed by atoms with Crippen LogP contribution in [-0.2, 0) is 19.1 Å². The van der Waals surface area contributed by atoms with Gasteiger partial charge < -0.3 is 20.3 Å². The molecule has 7 heteroatoms. The Labute approximate surface area is 141 Å². The van der Waals surface area contributed by atoms with Crippen LogP contribution in [0.3, 0.4) is 0 Å². The molecule has 0 radical (unpaired) electrons. The van der Waals surface area contributed by atoms with Crippen molar-refractivity contribution in [1.82, 2.24) is 4.90 Å². The van der Waals surface area contributed by atoms with Crippen molar-refractivity contribution >= 4 is 29.1 Å². The van der Waals surface area contributed by atoms with Gasteiger partial charge in [0.2, 0.25) is 17.7 Å². The lowest BCUT2D eigenvalue weighted by Gasteiger charge is -2.16. The molecule has 0 saturated carbocycles. The highest BCUT2D eigenvalue weighted by molar-refractivity contribution is 5.97. The van der Waals surface area contributed by atoms with Crippen molar-refractivity contribution in [3.05, 3.63) is 24.3 Å². The summed E-state index contributed by atoms with van der Waals surface area (Å²) in [6, 6.07) is 6.87. The van der Waals surface area contributed by atoms with Gasteiger partial charge in [0, 0.05) is 51.5 Å². The smallest absolute Gasteiger partial charge is 0.229 e. The normalized spacial score (nSPS) is 17.0. The van der Waals surface area contributed by atoms with Crippen molar-refractivity contribution in [3.63, 3.8) is 0 Å². The molecule has 24 heavy (non-hydrogen) atoms. The van der Waals surface area contributed by atoms with E-state index >= 15 is 0 Å². The molecule has 0 aromatic heterocycles. The van der Waals surface area contributed by atoms with Gasteiger partial charge in [-0.05, 0) is 30.7 Å². The first-order valence-corrected chi connectivity index (χ1v) is 7.95.